The van der Waals surface area contributed by atoms with Gasteiger partial charge in [0.05, 0.1) is 0 Å². The first-order valence-corrected chi connectivity index (χ1v) is 7.62. The van der Waals surface area contributed by atoms with E-state index in [0.29, 0.717) is 6.04 Å². The normalized spacial score (nSPS) is 14.2. The summed E-state index contributed by atoms with van der Waals surface area (Å²) in [4.78, 5) is 0. The molecule has 0 heterocycles. The van der Waals surface area contributed by atoms with Crippen molar-refractivity contribution in [1.82, 2.24) is 5.32 Å². The highest BCUT2D eigenvalue weighted by atomic mass is 14.9. The van der Waals surface area contributed by atoms with Gasteiger partial charge in [0.1, 0.15) is 0 Å². The van der Waals surface area contributed by atoms with E-state index in [1.54, 1.807) is 0 Å². The minimum Gasteiger partial charge on any atom is -0.313 e. The van der Waals surface area contributed by atoms with Crippen molar-refractivity contribution in [1.29, 1.82) is 0 Å². The molecule has 0 aliphatic rings. The van der Waals surface area contributed by atoms with Gasteiger partial charge in [-0.05, 0) is 59.2 Å². The lowest BCUT2D eigenvalue weighted by Gasteiger charge is -2.18. The molecule has 0 saturated heterocycles. The van der Waals surface area contributed by atoms with Gasteiger partial charge in [-0.3, -0.25) is 0 Å². The lowest BCUT2D eigenvalue weighted by Crippen LogP contribution is -2.26. The molecule has 0 amide bonds. The van der Waals surface area contributed by atoms with E-state index in [-0.39, 0.29) is 0 Å². The summed E-state index contributed by atoms with van der Waals surface area (Å²) in [6, 6.07) is 7.06. The van der Waals surface area contributed by atoms with Crippen molar-refractivity contribution < 1.29 is 0 Å². The first kappa shape index (κ1) is 17.5. The zero-order chi connectivity index (χ0) is 16.0. The standard InChI is InChI=1S/C20H29N/c1-8-18(19-11-15(4)10-16(5)12-19)13-17(6)20(21-7)9-14(2)3/h8,10-13,20-21H,2,9H2,1,3-7H3/b17-13+,18-8+. The molecule has 1 aromatic carbocycles. The third-order valence-corrected chi connectivity index (χ3v) is 3.70. The molecule has 0 spiro atoms. The number of aryl methyl sites for hydroxylation is 2. The molecular weight excluding hydrogens is 254 g/mol. The average molecular weight is 283 g/mol. The third kappa shape index (κ3) is 5.35. The predicted molar refractivity (Wildman–Crippen MR) is 95.6 cm³/mol. The second-order valence-corrected chi connectivity index (χ2v) is 6.01. The fourth-order valence-corrected chi connectivity index (χ4v) is 2.66. The minimum atomic E-state index is 0.350. The van der Waals surface area contributed by atoms with Crippen LogP contribution >= 0.6 is 0 Å². The Labute approximate surface area is 130 Å². The summed E-state index contributed by atoms with van der Waals surface area (Å²) < 4.78 is 0. The number of benzene rings is 1. The van der Waals surface area contributed by atoms with E-state index in [2.05, 4.69) is 76.9 Å². The van der Waals surface area contributed by atoms with Gasteiger partial charge >= 0.3 is 0 Å². The van der Waals surface area contributed by atoms with Crippen LogP contribution in [-0.2, 0) is 0 Å². The van der Waals surface area contributed by atoms with Crippen LogP contribution in [0.15, 0.2) is 48.1 Å². The molecule has 1 heteroatoms. The second kappa shape index (κ2) is 7.99. The van der Waals surface area contributed by atoms with Gasteiger partial charge in [-0.15, -0.1) is 6.58 Å². The SMILES string of the molecule is C=C(C)CC(NC)/C(C)=C/C(=C\C)c1cc(C)cc(C)c1. The van der Waals surface area contributed by atoms with Gasteiger partial charge in [-0.1, -0.05) is 52.6 Å². The van der Waals surface area contributed by atoms with Crippen molar-refractivity contribution in [3.63, 3.8) is 0 Å². The van der Waals surface area contributed by atoms with Gasteiger partial charge in [-0.25, -0.2) is 0 Å². The maximum Gasteiger partial charge on any atom is 0.0314 e. The maximum absolute atomic E-state index is 4.02. The molecule has 0 bridgehead atoms. The average Bonchev–Trinajstić information content (AvgIpc) is 2.40. The zero-order valence-electron chi connectivity index (χ0n) is 14.4. The van der Waals surface area contributed by atoms with E-state index in [1.807, 2.05) is 7.05 Å². The van der Waals surface area contributed by atoms with Gasteiger partial charge < -0.3 is 5.32 Å². The Morgan fingerprint density at radius 3 is 2.19 bits per heavy atom. The van der Waals surface area contributed by atoms with Crippen LogP contribution in [0.2, 0.25) is 0 Å². The topological polar surface area (TPSA) is 12.0 Å². The highest BCUT2D eigenvalue weighted by Crippen LogP contribution is 2.22. The Hall–Kier alpha value is -1.60. The highest BCUT2D eigenvalue weighted by molar-refractivity contribution is 5.75. The lowest BCUT2D eigenvalue weighted by molar-refractivity contribution is 0.630. The number of nitrogens with one attached hydrogen (secondary N) is 1. The van der Waals surface area contributed by atoms with Crippen LogP contribution in [0.1, 0.15) is 43.9 Å². The minimum absolute atomic E-state index is 0.350. The summed E-state index contributed by atoms with van der Waals surface area (Å²) in [5, 5.41) is 3.38. The van der Waals surface area contributed by atoms with E-state index in [0.717, 1.165) is 6.42 Å². The molecule has 1 atom stereocenters. The summed E-state index contributed by atoms with van der Waals surface area (Å²) in [5.74, 6) is 0. The molecule has 1 unspecified atom stereocenters. The van der Waals surface area contributed by atoms with Gasteiger partial charge in [-0.2, -0.15) is 0 Å². The fourth-order valence-electron chi connectivity index (χ4n) is 2.66. The Bertz CT molecular complexity index is 541. The van der Waals surface area contributed by atoms with E-state index >= 15 is 0 Å². The predicted octanol–water partition coefficient (Wildman–Crippen LogP) is 5.21. The molecular formula is C20H29N. The van der Waals surface area contributed by atoms with Crippen LogP contribution in [-0.4, -0.2) is 13.1 Å². The van der Waals surface area contributed by atoms with E-state index < -0.39 is 0 Å². The summed E-state index contributed by atoms with van der Waals surface area (Å²) in [6.07, 6.45) is 5.45. The maximum atomic E-state index is 4.02. The van der Waals surface area contributed by atoms with Gasteiger partial charge in [0.15, 0.2) is 0 Å². The third-order valence-electron chi connectivity index (χ3n) is 3.70. The van der Waals surface area contributed by atoms with Crippen molar-refractivity contribution >= 4 is 5.57 Å². The molecule has 1 nitrogen and oxygen atoms in total. The summed E-state index contributed by atoms with van der Waals surface area (Å²) in [7, 11) is 2.01. The largest absolute Gasteiger partial charge is 0.313 e. The Morgan fingerprint density at radius 2 is 1.76 bits per heavy atom. The fraction of sp³-hybridized carbons (Fsp3) is 0.400. The molecule has 0 fully saturated rings. The van der Waals surface area contributed by atoms with Crippen molar-refractivity contribution in [2.45, 2.75) is 47.1 Å². The number of allylic oxidation sites excluding steroid dienone is 3. The van der Waals surface area contributed by atoms with Crippen LogP contribution in [0.25, 0.3) is 5.57 Å². The number of likely N-dealkylation sites (N-methyl/N-ethyl adjacent to an activating group) is 1. The van der Waals surface area contributed by atoms with Crippen molar-refractivity contribution in [3.05, 3.63) is 64.8 Å². The molecule has 1 rings (SSSR count). The molecule has 0 saturated carbocycles. The summed E-state index contributed by atoms with van der Waals surface area (Å²) in [6.45, 7) is 14.7. The number of rotatable bonds is 6. The second-order valence-electron chi connectivity index (χ2n) is 6.01. The summed E-state index contributed by atoms with van der Waals surface area (Å²) in [5.41, 5.74) is 7.73. The van der Waals surface area contributed by atoms with Crippen LogP contribution in [0.3, 0.4) is 0 Å². The monoisotopic (exact) mass is 283 g/mol. The van der Waals surface area contributed by atoms with Gasteiger partial charge in [0.25, 0.3) is 0 Å². The molecule has 21 heavy (non-hydrogen) atoms. The molecule has 1 N–H and O–H groups in total. The van der Waals surface area contributed by atoms with Gasteiger partial charge in [0.2, 0.25) is 0 Å². The molecule has 0 aliphatic heterocycles. The van der Waals surface area contributed by atoms with E-state index in [1.165, 1.54) is 33.4 Å². The van der Waals surface area contributed by atoms with Crippen LogP contribution in [0.5, 0.6) is 0 Å². The van der Waals surface area contributed by atoms with E-state index in [4.69, 9.17) is 0 Å². The van der Waals surface area contributed by atoms with Crippen molar-refractivity contribution in [2.75, 3.05) is 7.05 Å². The first-order chi connectivity index (χ1) is 9.87. The quantitative estimate of drug-likeness (QED) is 0.558. The molecule has 1 aromatic rings. The van der Waals surface area contributed by atoms with Gasteiger partial charge in [0, 0.05) is 6.04 Å². The molecule has 0 radical (unpaired) electrons. The lowest BCUT2D eigenvalue weighted by atomic mass is 9.95. The zero-order valence-corrected chi connectivity index (χ0v) is 14.4. The molecule has 0 aliphatic carbocycles. The smallest absolute Gasteiger partial charge is 0.0314 e. The molecule has 0 aromatic heterocycles. The number of hydrogen-bond donors (Lipinski definition) is 1. The Morgan fingerprint density at radius 1 is 1.19 bits per heavy atom. The highest BCUT2D eigenvalue weighted by Gasteiger charge is 2.09. The Kier molecular flexibility index (Phi) is 6.64. The van der Waals surface area contributed by atoms with Crippen molar-refractivity contribution in [3.8, 4) is 0 Å². The molecule has 114 valence electrons. The van der Waals surface area contributed by atoms with Crippen LogP contribution in [0, 0.1) is 13.8 Å². The first-order valence-electron chi connectivity index (χ1n) is 7.62. The van der Waals surface area contributed by atoms with Crippen LogP contribution in [0.4, 0.5) is 0 Å². The summed E-state index contributed by atoms with van der Waals surface area (Å²) >= 11 is 0. The van der Waals surface area contributed by atoms with Crippen LogP contribution < -0.4 is 5.32 Å². The van der Waals surface area contributed by atoms with E-state index in [9.17, 15) is 0 Å². The number of hydrogen-bond acceptors (Lipinski definition) is 1. The van der Waals surface area contributed by atoms with Crippen molar-refractivity contribution in [2.24, 2.45) is 0 Å². The Balaban J connectivity index is 3.10.